The molecule has 4 nitrogen and oxygen atoms in total. The smallest absolute Gasteiger partial charge is 0.246 e. The molecule has 0 saturated heterocycles. The van der Waals surface area contributed by atoms with Gasteiger partial charge in [-0.15, -0.1) is 0 Å². The zero-order valence-corrected chi connectivity index (χ0v) is 18.1. The Kier molecular flexibility index (Phi) is 16.5. The first-order chi connectivity index (χ1) is 12.6. The van der Waals surface area contributed by atoms with Crippen LogP contribution in [-0.4, -0.2) is 38.2 Å². The fourth-order valence-electron chi connectivity index (χ4n) is 1.51. The highest BCUT2D eigenvalue weighted by Crippen LogP contribution is 2.30. The highest BCUT2D eigenvalue weighted by atomic mass is 33.1. The molecule has 0 aliphatic carbocycles. The van der Waals surface area contributed by atoms with Crippen LogP contribution in [0.3, 0.4) is 0 Å². The van der Waals surface area contributed by atoms with Gasteiger partial charge in [-0.3, -0.25) is 4.79 Å². The summed E-state index contributed by atoms with van der Waals surface area (Å²) in [6, 6.07) is 8.38. The van der Waals surface area contributed by atoms with Crippen LogP contribution in [0.25, 0.3) is 0 Å². The fourth-order valence-corrected chi connectivity index (χ4v) is 3.22. The van der Waals surface area contributed by atoms with Crippen molar-refractivity contribution in [1.82, 2.24) is 5.32 Å². The quantitative estimate of drug-likeness (QED) is 0.272. The topological polar surface area (TPSA) is 47.6 Å². The molecule has 0 spiro atoms. The third-order valence-electron chi connectivity index (χ3n) is 2.68. The number of carbonyl (C=O) groups excluding carboxylic acids is 1. The molecule has 0 atom stereocenters. The lowest BCUT2D eigenvalue weighted by Gasteiger charge is -2.05. The average Bonchev–Trinajstić information content (AvgIpc) is 2.64. The molecule has 6 heteroatoms. The number of aryl methyl sites for hydroxylation is 1. The zero-order valence-electron chi connectivity index (χ0n) is 16.5. The summed E-state index contributed by atoms with van der Waals surface area (Å²) in [6.07, 6.45) is 0. The number of ether oxygens (including phenoxy) is 2. The van der Waals surface area contributed by atoms with Crippen LogP contribution >= 0.6 is 21.6 Å². The van der Waals surface area contributed by atoms with Crippen LogP contribution in [0.5, 0.6) is 0 Å². The third kappa shape index (κ3) is 15.2. The zero-order chi connectivity index (χ0) is 19.6. The molecule has 0 heterocycles. The van der Waals surface area contributed by atoms with Gasteiger partial charge in [0.15, 0.2) is 0 Å². The van der Waals surface area contributed by atoms with E-state index in [0.29, 0.717) is 31.6 Å². The van der Waals surface area contributed by atoms with Crippen molar-refractivity contribution in [3.63, 3.8) is 0 Å². The number of carbonyl (C=O) groups is 1. The molecule has 146 valence electrons. The van der Waals surface area contributed by atoms with Crippen molar-refractivity contribution in [3.05, 3.63) is 29.8 Å². The minimum Gasteiger partial charge on any atom is -0.369 e. The van der Waals surface area contributed by atoms with Crippen molar-refractivity contribution in [1.29, 1.82) is 0 Å². The summed E-state index contributed by atoms with van der Waals surface area (Å²) in [5.74, 6) is 6.62. The van der Waals surface area contributed by atoms with E-state index in [-0.39, 0.29) is 12.5 Å². The van der Waals surface area contributed by atoms with E-state index in [0.717, 1.165) is 0 Å². The molecule has 0 aliphatic rings. The second-order valence-corrected chi connectivity index (χ2v) is 7.66. The minimum atomic E-state index is -0.155. The van der Waals surface area contributed by atoms with Crippen molar-refractivity contribution in [2.24, 2.45) is 5.92 Å². The monoisotopic (exact) mass is 397 g/mol. The molecule has 0 unspecified atom stereocenters. The predicted molar refractivity (Wildman–Crippen MR) is 113 cm³/mol. The number of hydrogen-bond acceptors (Lipinski definition) is 5. The predicted octanol–water partition coefficient (Wildman–Crippen LogP) is 4.53. The molecule has 1 aromatic carbocycles. The van der Waals surface area contributed by atoms with Crippen molar-refractivity contribution in [2.45, 2.75) is 39.5 Å². The number of hydrogen-bond donors (Lipinski definition) is 1. The van der Waals surface area contributed by atoms with E-state index in [1.165, 1.54) is 10.5 Å². The molecule has 0 aromatic heterocycles. The maximum absolute atomic E-state index is 11.5. The van der Waals surface area contributed by atoms with Gasteiger partial charge in [0.1, 0.15) is 12.5 Å². The molecular weight excluding hydrogens is 366 g/mol. The highest BCUT2D eigenvalue weighted by Gasteiger charge is 1.99. The van der Waals surface area contributed by atoms with E-state index in [9.17, 15) is 4.79 Å². The van der Waals surface area contributed by atoms with Crippen LogP contribution in [0.1, 0.15) is 33.3 Å². The van der Waals surface area contributed by atoms with Crippen LogP contribution in [0.2, 0.25) is 0 Å². The summed E-state index contributed by atoms with van der Waals surface area (Å²) >= 11 is 0. The van der Waals surface area contributed by atoms with E-state index in [1.807, 2.05) is 27.7 Å². The molecule has 0 aliphatic heterocycles. The molecule has 0 fully saturated rings. The Morgan fingerprint density at radius 2 is 1.81 bits per heavy atom. The number of nitrogens with one attached hydrogen (secondary N) is 1. The van der Waals surface area contributed by atoms with Gasteiger partial charge in [0.2, 0.25) is 5.91 Å². The van der Waals surface area contributed by atoms with Gasteiger partial charge in [-0.05, 0) is 19.1 Å². The first-order valence-corrected chi connectivity index (χ1v) is 11.2. The standard InChI is InChI=1S/C18H25NO3S2.C2H6/c1-15(2)5-4-10-19-18(20)13-21-11-12-22-14-23-24-17-8-6-16(3)7-9-17;1-2/h6-9,15H,10-14H2,1-3H3,(H,19,20);1-2H3. The maximum atomic E-state index is 11.5. The largest absolute Gasteiger partial charge is 0.369 e. The van der Waals surface area contributed by atoms with Gasteiger partial charge in [-0.1, -0.05) is 78.8 Å². The average molecular weight is 398 g/mol. The van der Waals surface area contributed by atoms with Crippen LogP contribution in [0.15, 0.2) is 29.2 Å². The summed E-state index contributed by atoms with van der Waals surface area (Å²) in [5.41, 5.74) is 1.26. The third-order valence-corrected chi connectivity index (χ3v) is 4.74. The fraction of sp³-hybridized carbons (Fsp3) is 0.550. The van der Waals surface area contributed by atoms with E-state index in [4.69, 9.17) is 9.47 Å². The minimum absolute atomic E-state index is 0.0397. The summed E-state index contributed by atoms with van der Waals surface area (Å²) in [7, 11) is 3.32. The van der Waals surface area contributed by atoms with Gasteiger partial charge in [-0.2, -0.15) is 0 Å². The van der Waals surface area contributed by atoms with Gasteiger partial charge in [0.25, 0.3) is 0 Å². The number of benzene rings is 1. The second kappa shape index (κ2) is 17.3. The molecular formula is C20H31NO3S2. The maximum Gasteiger partial charge on any atom is 0.246 e. The van der Waals surface area contributed by atoms with Gasteiger partial charge in [0, 0.05) is 10.8 Å². The van der Waals surface area contributed by atoms with Crippen molar-refractivity contribution in [2.75, 3.05) is 32.3 Å². The van der Waals surface area contributed by atoms with Gasteiger partial charge in [0.05, 0.1) is 19.8 Å². The molecule has 1 N–H and O–H groups in total. The van der Waals surface area contributed by atoms with E-state index in [2.05, 4.69) is 48.3 Å². The van der Waals surface area contributed by atoms with Crippen LogP contribution in [0.4, 0.5) is 0 Å². The lowest BCUT2D eigenvalue weighted by atomic mass is 10.2. The van der Waals surface area contributed by atoms with Crippen LogP contribution in [0, 0.1) is 24.7 Å². The van der Waals surface area contributed by atoms with E-state index in [1.54, 1.807) is 21.6 Å². The van der Waals surface area contributed by atoms with Gasteiger partial charge >= 0.3 is 0 Å². The van der Waals surface area contributed by atoms with E-state index < -0.39 is 0 Å². The first kappa shape index (κ1) is 24.9. The molecule has 0 saturated carbocycles. The van der Waals surface area contributed by atoms with Crippen LogP contribution in [-0.2, 0) is 14.3 Å². The van der Waals surface area contributed by atoms with Crippen molar-refractivity contribution in [3.8, 4) is 11.8 Å². The molecule has 1 amide bonds. The number of amides is 1. The molecule has 1 aromatic rings. The second-order valence-electron chi connectivity index (χ2n) is 5.35. The first-order valence-electron chi connectivity index (χ1n) is 8.84. The summed E-state index contributed by atoms with van der Waals surface area (Å²) in [6.45, 7) is 11.4. The van der Waals surface area contributed by atoms with Gasteiger partial charge in [-0.25, -0.2) is 0 Å². The Morgan fingerprint density at radius 1 is 1.15 bits per heavy atom. The summed E-state index contributed by atoms with van der Waals surface area (Å²) in [4.78, 5) is 12.7. The molecule has 0 bridgehead atoms. The van der Waals surface area contributed by atoms with E-state index >= 15 is 0 Å². The lowest BCUT2D eigenvalue weighted by Crippen LogP contribution is -2.28. The number of rotatable bonds is 10. The van der Waals surface area contributed by atoms with Gasteiger partial charge < -0.3 is 14.8 Å². The lowest BCUT2D eigenvalue weighted by molar-refractivity contribution is -0.125. The molecule has 0 radical (unpaired) electrons. The van der Waals surface area contributed by atoms with Crippen molar-refractivity contribution < 1.29 is 14.3 Å². The highest BCUT2D eigenvalue weighted by molar-refractivity contribution is 8.76. The van der Waals surface area contributed by atoms with Crippen molar-refractivity contribution >= 4 is 27.5 Å². The SMILES string of the molecule is CC.Cc1ccc(SSCOCCOCC(=O)NCC#CC(C)C)cc1. The molecule has 26 heavy (non-hydrogen) atoms. The Balaban J connectivity index is 0.00000301. The summed E-state index contributed by atoms with van der Waals surface area (Å²) in [5, 5.41) is 2.69. The Hall–Kier alpha value is -1.13. The Labute approximate surface area is 166 Å². The molecule has 1 rings (SSSR count). The Morgan fingerprint density at radius 3 is 2.46 bits per heavy atom. The normalized spacial score (nSPS) is 9.77. The van der Waals surface area contributed by atoms with Crippen LogP contribution < -0.4 is 5.32 Å². The summed E-state index contributed by atoms with van der Waals surface area (Å²) < 4.78 is 10.7. The Bertz CT molecular complexity index is 536.